The average Bonchev–Trinajstić information content (AvgIpc) is 2.43. The van der Waals surface area contributed by atoms with Gasteiger partial charge in [-0.3, -0.25) is 0 Å². The van der Waals surface area contributed by atoms with E-state index in [1.54, 1.807) is 0 Å². The van der Waals surface area contributed by atoms with Gasteiger partial charge in [0.2, 0.25) is 0 Å². The second-order valence-corrected chi connectivity index (χ2v) is 5.36. The van der Waals surface area contributed by atoms with Gasteiger partial charge < -0.3 is 10.1 Å². The molecule has 0 saturated heterocycles. The molecular formula is C17H25NO. The summed E-state index contributed by atoms with van der Waals surface area (Å²) in [6.45, 7) is 8.51. The first-order chi connectivity index (χ1) is 9.24. The van der Waals surface area contributed by atoms with Crippen LogP contribution in [0.3, 0.4) is 0 Å². The zero-order valence-electron chi connectivity index (χ0n) is 12.3. The predicted molar refractivity (Wildman–Crippen MR) is 80.2 cm³/mol. The maximum Gasteiger partial charge on any atom is 0.0876 e. The zero-order valence-corrected chi connectivity index (χ0v) is 12.3. The van der Waals surface area contributed by atoms with Crippen LogP contribution < -0.4 is 5.32 Å². The van der Waals surface area contributed by atoms with E-state index in [1.807, 2.05) is 6.26 Å². The summed E-state index contributed by atoms with van der Waals surface area (Å²) in [7, 11) is 0. The number of benzene rings is 1. The molecule has 1 aliphatic heterocycles. The van der Waals surface area contributed by atoms with Crippen molar-refractivity contribution in [1.29, 1.82) is 0 Å². The fraction of sp³-hybridized carbons (Fsp3) is 0.529. The van der Waals surface area contributed by atoms with Crippen LogP contribution >= 0.6 is 0 Å². The van der Waals surface area contributed by atoms with E-state index in [1.165, 1.54) is 22.3 Å². The fourth-order valence-electron chi connectivity index (χ4n) is 2.79. The van der Waals surface area contributed by atoms with Gasteiger partial charge in [0.15, 0.2) is 0 Å². The van der Waals surface area contributed by atoms with E-state index in [2.05, 4.69) is 44.3 Å². The van der Waals surface area contributed by atoms with E-state index in [-0.39, 0.29) is 0 Å². The standard InChI is InChI=1S/C17H25NO/c1-4-10-18-17(15-9-6-11-19-12-15)16-13(2)7-5-8-14(16)3/h5,7-8,12,17-18H,4,6,9-11H2,1-3H3. The molecule has 1 unspecified atom stereocenters. The minimum atomic E-state index is 0.307. The van der Waals surface area contributed by atoms with Crippen LogP contribution in [0.2, 0.25) is 0 Å². The van der Waals surface area contributed by atoms with Crippen molar-refractivity contribution in [2.45, 2.75) is 46.1 Å². The summed E-state index contributed by atoms with van der Waals surface area (Å²) in [4.78, 5) is 0. The van der Waals surface area contributed by atoms with Crippen LogP contribution in [-0.2, 0) is 4.74 Å². The molecule has 1 atom stereocenters. The quantitative estimate of drug-likeness (QED) is 0.861. The van der Waals surface area contributed by atoms with Gasteiger partial charge in [0.25, 0.3) is 0 Å². The van der Waals surface area contributed by atoms with Crippen molar-refractivity contribution in [2.75, 3.05) is 13.2 Å². The summed E-state index contributed by atoms with van der Waals surface area (Å²) >= 11 is 0. The number of nitrogens with one attached hydrogen (secondary N) is 1. The molecule has 0 saturated carbocycles. The molecule has 1 aromatic carbocycles. The lowest BCUT2D eigenvalue weighted by atomic mass is 9.89. The molecule has 2 rings (SSSR count). The molecule has 1 aliphatic rings. The first kappa shape index (κ1) is 14.1. The Morgan fingerprint density at radius 2 is 2.00 bits per heavy atom. The molecular weight excluding hydrogens is 234 g/mol. The largest absolute Gasteiger partial charge is 0.501 e. The van der Waals surface area contributed by atoms with Crippen LogP contribution in [0.5, 0.6) is 0 Å². The van der Waals surface area contributed by atoms with Gasteiger partial charge in [0, 0.05) is 0 Å². The van der Waals surface area contributed by atoms with Gasteiger partial charge in [0.05, 0.1) is 18.9 Å². The summed E-state index contributed by atoms with van der Waals surface area (Å²) < 4.78 is 5.54. The van der Waals surface area contributed by atoms with Crippen molar-refractivity contribution in [3.63, 3.8) is 0 Å². The Hall–Kier alpha value is -1.28. The van der Waals surface area contributed by atoms with E-state index in [0.717, 1.165) is 32.4 Å². The molecule has 104 valence electrons. The Morgan fingerprint density at radius 1 is 1.26 bits per heavy atom. The van der Waals surface area contributed by atoms with Gasteiger partial charge in [-0.2, -0.15) is 0 Å². The lowest BCUT2D eigenvalue weighted by Gasteiger charge is -2.27. The highest BCUT2D eigenvalue weighted by Crippen LogP contribution is 2.31. The highest BCUT2D eigenvalue weighted by Gasteiger charge is 2.21. The summed E-state index contributed by atoms with van der Waals surface area (Å²) in [6.07, 6.45) is 5.38. The SMILES string of the molecule is CCCNC(C1=COCCC1)c1c(C)cccc1C. The van der Waals surface area contributed by atoms with Crippen LogP contribution in [0.25, 0.3) is 0 Å². The monoisotopic (exact) mass is 259 g/mol. The van der Waals surface area contributed by atoms with Gasteiger partial charge in [-0.05, 0) is 61.9 Å². The molecule has 0 amide bonds. The van der Waals surface area contributed by atoms with E-state index in [9.17, 15) is 0 Å². The topological polar surface area (TPSA) is 21.3 Å². The van der Waals surface area contributed by atoms with Gasteiger partial charge in [-0.25, -0.2) is 0 Å². The zero-order chi connectivity index (χ0) is 13.7. The van der Waals surface area contributed by atoms with Crippen LogP contribution in [0.15, 0.2) is 30.0 Å². The molecule has 0 aliphatic carbocycles. The van der Waals surface area contributed by atoms with Crippen molar-refractivity contribution < 1.29 is 4.74 Å². The molecule has 1 aromatic rings. The second kappa shape index (κ2) is 6.76. The van der Waals surface area contributed by atoms with Crippen LogP contribution in [-0.4, -0.2) is 13.2 Å². The molecule has 1 N–H and O–H groups in total. The summed E-state index contributed by atoms with van der Waals surface area (Å²) in [5.74, 6) is 0. The summed E-state index contributed by atoms with van der Waals surface area (Å²) in [5, 5.41) is 3.69. The maximum atomic E-state index is 5.54. The van der Waals surface area contributed by atoms with Gasteiger partial charge in [0.1, 0.15) is 0 Å². The van der Waals surface area contributed by atoms with E-state index in [0.29, 0.717) is 6.04 Å². The van der Waals surface area contributed by atoms with Gasteiger partial charge >= 0.3 is 0 Å². The maximum absolute atomic E-state index is 5.54. The number of ether oxygens (including phenoxy) is 1. The lowest BCUT2D eigenvalue weighted by Crippen LogP contribution is -2.26. The molecule has 2 nitrogen and oxygen atoms in total. The van der Waals surface area contributed by atoms with Crippen molar-refractivity contribution in [3.8, 4) is 0 Å². The minimum Gasteiger partial charge on any atom is -0.501 e. The lowest BCUT2D eigenvalue weighted by molar-refractivity contribution is 0.219. The van der Waals surface area contributed by atoms with E-state index < -0.39 is 0 Å². The molecule has 0 spiro atoms. The Balaban J connectivity index is 2.33. The normalized spacial score (nSPS) is 16.7. The first-order valence-electron chi connectivity index (χ1n) is 7.34. The van der Waals surface area contributed by atoms with Crippen molar-refractivity contribution in [1.82, 2.24) is 5.32 Å². The average molecular weight is 259 g/mol. The van der Waals surface area contributed by atoms with Crippen LogP contribution in [0, 0.1) is 13.8 Å². The summed E-state index contributed by atoms with van der Waals surface area (Å²) in [5.41, 5.74) is 5.53. The molecule has 1 heterocycles. The molecule has 19 heavy (non-hydrogen) atoms. The Labute approximate surface area is 116 Å². The van der Waals surface area contributed by atoms with E-state index >= 15 is 0 Å². The number of aryl methyl sites for hydroxylation is 2. The fourth-order valence-corrected chi connectivity index (χ4v) is 2.79. The Bertz CT molecular complexity index is 430. The highest BCUT2D eigenvalue weighted by atomic mass is 16.5. The number of hydrogen-bond acceptors (Lipinski definition) is 2. The van der Waals surface area contributed by atoms with Gasteiger partial charge in [-0.15, -0.1) is 0 Å². The second-order valence-electron chi connectivity index (χ2n) is 5.36. The summed E-state index contributed by atoms with van der Waals surface area (Å²) in [6, 6.07) is 6.85. The minimum absolute atomic E-state index is 0.307. The van der Waals surface area contributed by atoms with Crippen molar-refractivity contribution >= 4 is 0 Å². The molecule has 0 bridgehead atoms. The molecule has 0 radical (unpaired) electrons. The highest BCUT2D eigenvalue weighted by molar-refractivity contribution is 5.40. The van der Waals surface area contributed by atoms with Crippen molar-refractivity contribution in [3.05, 3.63) is 46.7 Å². The third-order valence-corrected chi connectivity index (χ3v) is 3.76. The molecule has 0 aromatic heterocycles. The molecule has 2 heteroatoms. The smallest absolute Gasteiger partial charge is 0.0876 e. The van der Waals surface area contributed by atoms with Crippen LogP contribution in [0.1, 0.15) is 48.9 Å². The van der Waals surface area contributed by atoms with Crippen LogP contribution in [0.4, 0.5) is 0 Å². The number of hydrogen-bond donors (Lipinski definition) is 1. The van der Waals surface area contributed by atoms with E-state index in [4.69, 9.17) is 4.74 Å². The third-order valence-electron chi connectivity index (χ3n) is 3.76. The number of rotatable bonds is 5. The Morgan fingerprint density at radius 3 is 2.58 bits per heavy atom. The first-order valence-corrected chi connectivity index (χ1v) is 7.34. The predicted octanol–water partition coefficient (Wildman–Crippen LogP) is 4.04. The Kier molecular flexibility index (Phi) is 5.03. The van der Waals surface area contributed by atoms with Crippen molar-refractivity contribution in [2.24, 2.45) is 0 Å². The van der Waals surface area contributed by atoms with Gasteiger partial charge in [-0.1, -0.05) is 25.1 Å². The third kappa shape index (κ3) is 3.38. The molecule has 0 fully saturated rings.